The number of carboxylic acids is 1. The van der Waals surface area contributed by atoms with Gasteiger partial charge in [0.2, 0.25) is 0 Å². The van der Waals surface area contributed by atoms with E-state index >= 15 is 0 Å². The van der Waals surface area contributed by atoms with Crippen molar-refractivity contribution in [3.63, 3.8) is 0 Å². The van der Waals surface area contributed by atoms with Gasteiger partial charge in [-0.3, -0.25) is 0 Å². The second-order valence-electron chi connectivity index (χ2n) is 3.87. The van der Waals surface area contributed by atoms with Crippen molar-refractivity contribution >= 4 is 12.1 Å². The van der Waals surface area contributed by atoms with E-state index in [9.17, 15) is 14.7 Å². The highest BCUT2D eigenvalue weighted by Gasteiger charge is 2.40. The van der Waals surface area contributed by atoms with E-state index in [2.05, 4.69) is 11.9 Å². The summed E-state index contributed by atoms with van der Waals surface area (Å²) in [7, 11) is 0. The molecule has 96 valence electrons. The number of carbonyl (C=O) groups is 2. The molecule has 1 amide bonds. The van der Waals surface area contributed by atoms with Gasteiger partial charge in [-0.25, -0.2) is 9.59 Å². The van der Waals surface area contributed by atoms with Crippen LogP contribution in [0.15, 0.2) is 12.7 Å². The zero-order chi connectivity index (χ0) is 12.7. The Hall–Kier alpha value is -1.56. The summed E-state index contributed by atoms with van der Waals surface area (Å²) in [5.74, 6) is -1.06. The Labute approximate surface area is 99.6 Å². The second-order valence-corrected chi connectivity index (χ2v) is 3.87. The predicted molar refractivity (Wildman–Crippen MR) is 59.7 cm³/mol. The molecule has 0 aliphatic carbocycles. The van der Waals surface area contributed by atoms with E-state index in [0.717, 1.165) is 0 Å². The van der Waals surface area contributed by atoms with E-state index in [-0.39, 0.29) is 13.0 Å². The molecule has 1 fully saturated rings. The normalized spacial score (nSPS) is 24.5. The van der Waals surface area contributed by atoms with Crippen molar-refractivity contribution in [1.29, 1.82) is 0 Å². The van der Waals surface area contributed by atoms with E-state index in [1.54, 1.807) is 0 Å². The molecule has 2 N–H and O–H groups in total. The van der Waals surface area contributed by atoms with E-state index in [1.807, 2.05) is 0 Å². The highest BCUT2D eigenvalue weighted by molar-refractivity contribution is 5.84. The first-order valence-electron chi connectivity index (χ1n) is 5.48. The van der Waals surface area contributed by atoms with Crippen LogP contribution in [0.25, 0.3) is 0 Å². The molecule has 1 aliphatic rings. The molecule has 0 saturated carbocycles. The number of amides is 1. The van der Waals surface area contributed by atoms with Gasteiger partial charge < -0.3 is 19.9 Å². The molecule has 1 atom stereocenters. The fraction of sp³-hybridized carbons (Fsp3) is 0.636. The van der Waals surface area contributed by atoms with E-state index < -0.39 is 17.6 Å². The SMILES string of the molecule is C=CCOC(=O)NC1(C(=O)O)CCCOCC1. The van der Waals surface area contributed by atoms with E-state index in [1.165, 1.54) is 6.08 Å². The van der Waals surface area contributed by atoms with Gasteiger partial charge in [-0.15, -0.1) is 0 Å². The van der Waals surface area contributed by atoms with Crippen molar-refractivity contribution < 1.29 is 24.2 Å². The molecule has 6 nitrogen and oxygen atoms in total. The van der Waals surface area contributed by atoms with Gasteiger partial charge in [-0.05, 0) is 12.8 Å². The van der Waals surface area contributed by atoms with Crippen molar-refractivity contribution in [2.45, 2.75) is 24.8 Å². The highest BCUT2D eigenvalue weighted by Crippen LogP contribution is 2.22. The second kappa shape index (κ2) is 6.24. The lowest BCUT2D eigenvalue weighted by atomic mass is 9.91. The van der Waals surface area contributed by atoms with Crippen LogP contribution in [0.5, 0.6) is 0 Å². The van der Waals surface area contributed by atoms with Gasteiger partial charge in [0.05, 0.1) is 0 Å². The summed E-state index contributed by atoms with van der Waals surface area (Å²) in [6.45, 7) is 4.29. The van der Waals surface area contributed by atoms with Gasteiger partial charge in [0.25, 0.3) is 0 Å². The maximum absolute atomic E-state index is 11.4. The molecule has 1 aliphatic heterocycles. The van der Waals surface area contributed by atoms with Crippen molar-refractivity contribution in [2.24, 2.45) is 0 Å². The largest absolute Gasteiger partial charge is 0.480 e. The van der Waals surface area contributed by atoms with Crippen LogP contribution < -0.4 is 5.32 Å². The lowest BCUT2D eigenvalue weighted by molar-refractivity contribution is -0.145. The van der Waals surface area contributed by atoms with Gasteiger partial charge in [0.15, 0.2) is 0 Å². The molecule has 1 unspecified atom stereocenters. The van der Waals surface area contributed by atoms with Crippen molar-refractivity contribution in [3.05, 3.63) is 12.7 Å². The molecule has 1 heterocycles. The number of rotatable bonds is 4. The fourth-order valence-electron chi connectivity index (χ4n) is 1.71. The number of carbonyl (C=O) groups excluding carboxylic acids is 1. The number of alkyl carbamates (subject to hydrolysis) is 1. The van der Waals surface area contributed by atoms with Crippen LogP contribution in [-0.4, -0.2) is 42.5 Å². The van der Waals surface area contributed by atoms with Crippen LogP contribution in [0.1, 0.15) is 19.3 Å². The molecule has 0 aromatic carbocycles. The Bertz CT molecular complexity index is 294. The zero-order valence-corrected chi connectivity index (χ0v) is 9.61. The number of carboxylic acid groups (broad SMARTS) is 1. The number of ether oxygens (including phenoxy) is 2. The van der Waals surface area contributed by atoms with Crippen molar-refractivity contribution in [2.75, 3.05) is 19.8 Å². The topological polar surface area (TPSA) is 84.9 Å². The summed E-state index contributed by atoms with van der Waals surface area (Å²) in [5.41, 5.74) is -1.28. The minimum atomic E-state index is -1.28. The molecule has 1 saturated heterocycles. The van der Waals surface area contributed by atoms with Gasteiger partial charge in [0.1, 0.15) is 12.1 Å². The monoisotopic (exact) mass is 243 g/mol. The Morgan fingerprint density at radius 1 is 1.47 bits per heavy atom. The molecule has 0 aromatic rings. The minimum Gasteiger partial charge on any atom is -0.480 e. The Morgan fingerprint density at radius 3 is 2.88 bits per heavy atom. The van der Waals surface area contributed by atoms with Gasteiger partial charge in [-0.1, -0.05) is 12.7 Å². The summed E-state index contributed by atoms with van der Waals surface area (Å²) in [6, 6.07) is 0. The summed E-state index contributed by atoms with van der Waals surface area (Å²) < 4.78 is 9.93. The first kappa shape index (κ1) is 13.5. The number of hydrogen-bond acceptors (Lipinski definition) is 4. The van der Waals surface area contributed by atoms with Crippen molar-refractivity contribution in [3.8, 4) is 0 Å². The smallest absolute Gasteiger partial charge is 0.408 e. The predicted octanol–water partition coefficient (Wildman–Crippen LogP) is 0.922. The molecule has 0 bridgehead atoms. The molecule has 17 heavy (non-hydrogen) atoms. The van der Waals surface area contributed by atoms with Gasteiger partial charge in [0, 0.05) is 19.6 Å². The molecule has 0 spiro atoms. The number of aliphatic carboxylic acids is 1. The third-order valence-electron chi connectivity index (χ3n) is 2.65. The van der Waals surface area contributed by atoms with Gasteiger partial charge in [-0.2, -0.15) is 0 Å². The van der Waals surface area contributed by atoms with Crippen LogP contribution in [-0.2, 0) is 14.3 Å². The summed E-state index contributed by atoms with van der Waals surface area (Å²) >= 11 is 0. The third-order valence-corrected chi connectivity index (χ3v) is 2.65. The molecule has 1 rings (SSSR count). The summed E-state index contributed by atoms with van der Waals surface area (Å²) in [4.78, 5) is 22.7. The number of nitrogens with one attached hydrogen (secondary N) is 1. The summed E-state index contributed by atoms with van der Waals surface area (Å²) in [5, 5.41) is 11.7. The molecule has 0 aromatic heterocycles. The zero-order valence-electron chi connectivity index (χ0n) is 9.61. The standard InChI is InChI=1S/C11H17NO5/c1-2-6-17-10(15)12-11(9(13)14)4-3-7-16-8-5-11/h2H,1,3-8H2,(H,12,15)(H,13,14). The van der Waals surface area contributed by atoms with Crippen LogP contribution in [0.4, 0.5) is 4.79 Å². The highest BCUT2D eigenvalue weighted by atomic mass is 16.5. The van der Waals surface area contributed by atoms with E-state index in [4.69, 9.17) is 9.47 Å². The first-order valence-corrected chi connectivity index (χ1v) is 5.48. The quantitative estimate of drug-likeness (QED) is 0.717. The van der Waals surface area contributed by atoms with Crippen LogP contribution in [0, 0.1) is 0 Å². The van der Waals surface area contributed by atoms with Gasteiger partial charge >= 0.3 is 12.1 Å². The number of hydrogen-bond donors (Lipinski definition) is 2. The van der Waals surface area contributed by atoms with Crippen LogP contribution in [0.3, 0.4) is 0 Å². The average Bonchev–Trinajstić information content (AvgIpc) is 2.53. The van der Waals surface area contributed by atoms with Crippen LogP contribution in [0.2, 0.25) is 0 Å². The molecule has 0 radical (unpaired) electrons. The van der Waals surface area contributed by atoms with E-state index in [0.29, 0.717) is 26.1 Å². The lowest BCUT2D eigenvalue weighted by Crippen LogP contribution is -2.54. The first-order chi connectivity index (χ1) is 8.10. The molecule has 6 heteroatoms. The lowest BCUT2D eigenvalue weighted by Gasteiger charge is -2.28. The Morgan fingerprint density at radius 2 is 2.24 bits per heavy atom. The maximum Gasteiger partial charge on any atom is 0.408 e. The molecular formula is C11H17NO5. The Balaban J connectivity index is 2.66. The average molecular weight is 243 g/mol. The Kier molecular flexibility index (Phi) is 4.96. The minimum absolute atomic E-state index is 0.0536. The van der Waals surface area contributed by atoms with Crippen molar-refractivity contribution in [1.82, 2.24) is 5.32 Å². The fourth-order valence-corrected chi connectivity index (χ4v) is 1.71. The third kappa shape index (κ3) is 3.74. The molecular weight excluding hydrogens is 226 g/mol. The van der Waals surface area contributed by atoms with Crippen LogP contribution >= 0.6 is 0 Å². The maximum atomic E-state index is 11.4. The summed E-state index contributed by atoms with van der Waals surface area (Å²) in [6.07, 6.45) is 1.85.